The van der Waals surface area contributed by atoms with Crippen molar-refractivity contribution in [3.05, 3.63) is 64.4 Å². The van der Waals surface area contributed by atoms with Gasteiger partial charge in [-0.2, -0.15) is 0 Å². The van der Waals surface area contributed by atoms with E-state index < -0.39 is 11.8 Å². The van der Waals surface area contributed by atoms with Gasteiger partial charge >= 0.3 is 5.97 Å². The highest BCUT2D eigenvalue weighted by molar-refractivity contribution is 6.31. The van der Waals surface area contributed by atoms with Crippen molar-refractivity contribution < 1.29 is 19.0 Å². The Labute approximate surface area is 114 Å². The van der Waals surface area contributed by atoms with E-state index >= 15 is 0 Å². The number of aromatic carboxylic acids is 1. The molecule has 3 nitrogen and oxygen atoms in total. The molecule has 0 aliphatic rings. The van der Waals surface area contributed by atoms with Crippen LogP contribution in [0, 0.1) is 5.82 Å². The molecule has 5 heteroatoms. The van der Waals surface area contributed by atoms with Gasteiger partial charge in [0.15, 0.2) is 0 Å². The monoisotopic (exact) mass is 280 g/mol. The SMILES string of the molecule is O=C(O)c1cc(F)cc(OCc2ccccc2Cl)c1. The molecule has 0 saturated heterocycles. The lowest BCUT2D eigenvalue weighted by Gasteiger charge is -2.08. The minimum Gasteiger partial charge on any atom is -0.489 e. The first kappa shape index (κ1) is 13.4. The van der Waals surface area contributed by atoms with Gasteiger partial charge in [-0.05, 0) is 18.2 Å². The quantitative estimate of drug-likeness (QED) is 0.927. The maximum absolute atomic E-state index is 13.2. The van der Waals surface area contributed by atoms with Gasteiger partial charge < -0.3 is 9.84 Å². The number of rotatable bonds is 4. The van der Waals surface area contributed by atoms with Crippen molar-refractivity contribution in [3.63, 3.8) is 0 Å². The molecule has 0 unspecified atom stereocenters. The molecule has 1 N–H and O–H groups in total. The van der Waals surface area contributed by atoms with E-state index in [1.54, 1.807) is 24.3 Å². The predicted octanol–water partition coefficient (Wildman–Crippen LogP) is 3.76. The molecule has 0 fully saturated rings. The zero-order chi connectivity index (χ0) is 13.8. The van der Waals surface area contributed by atoms with Crippen molar-refractivity contribution in [2.75, 3.05) is 0 Å². The molecule has 98 valence electrons. The summed E-state index contributed by atoms with van der Waals surface area (Å²) >= 11 is 5.96. The lowest BCUT2D eigenvalue weighted by Crippen LogP contribution is -2.01. The Kier molecular flexibility index (Phi) is 4.02. The first-order valence-corrected chi connectivity index (χ1v) is 5.84. The number of carbonyl (C=O) groups is 1. The van der Waals surface area contributed by atoms with Crippen LogP contribution in [0.15, 0.2) is 42.5 Å². The molecule has 0 aliphatic heterocycles. The van der Waals surface area contributed by atoms with Crippen molar-refractivity contribution in [2.24, 2.45) is 0 Å². The Bertz CT molecular complexity index is 613. The van der Waals surface area contributed by atoms with Gasteiger partial charge in [-0.3, -0.25) is 0 Å². The van der Waals surface area contributed by atoms with Gasteiger partial charge in [0.2, 0.25) is 0 Å². The molecule has 2 aromatic rings. The molecule has 2 rings (SSSR count). The molecule has 2 aromatic carbocycles. The average Bonchev–Trinajstić information content (AvgIpc) is 2.37. The molecule has 0 radical (unpaired) electrons. The fraction of sp³-hybridized carbons (Fsp3) is 0.0714. The first-order valence-electron chi connectivity index (χ1n) is 5.46. The van der Waals surface area contributed by atoms with Crippen LogP contribution in [0.4, 0.5) is 4.39 Å². The molecule has 0 amide bonds. The molecule has 0 atom stereocenters. The summed E-state index contributed by atoms with van der Waals surface area (Å²) in [6.45, 7) is 0.141. The Balaban J connectivity index is 2.16. The van der Waals surface area contributed by atoms with Gasteiger partial charge in [-0.25, -0.2) is 9.18 Å². The summed E-state index contributed by atoms with van der Waals surface area (Å²) in [5.74, 6) is -1.71. The maximum atomic E-state index is 13.2. The lowest BCUT2D eigenvalue weighted by molar-refractivity contribution is 0.0695. The van der Waals surface area contributed by atoms with Gasteiger partial charge in [-0.15, -0.1) is 0 Å². The van der Waals surface area contributed by atoms with Crippen LogP contribution in [0.25, 0.3) is 0 Å². The molecular formula is C14H10ClFO3. The minimum atomic E-state index is -1.21. The third-order valence-electron chi connectivity index (χ3n) is 2.47. The van der Waals surface area contributed by atoms with Crippen LogP contribution in [0.1, 0.15) is 15.9 Å². The number of benzene rings is 2. The highest BCUT2D eigenvalue weighted by Gasteiger charge is 2.08. The number of hydrogen-bond acceptors (Lipinski definition) is 2. The number of carboxylic acids is 1. The Hall–Kier alpha value is -2.07. The van der Waals surface area contributed by atoms with Crippen LogP contribution in [0.3, 0.4) is 0 Å². The molecule has 0 aliphatic carbocycles. The summed E-state index contributed by atoms with van der Waals surface area (Å²) in [5, 5.41) is 9.36. The van der Waals surface area contributed by atoms with Gasteiger partial charge in [0.05, 0.1) is 5.56 Å². The normalized spacial score (nSPS) is 10.2. The molecule has 0 heterocycles. The second-order valence-electron chi connectivity index (χ2n) is 3.86. The lowest BCUT2D eigenvalue weighted by atomic mass is 10.2. The number of halogens is 2. The number of hydrogen-bond donors (Lipinski definition) is 1. The summed E-state index contributed by atoms with van der Waals surface area (Å²) in [5.41, 5.74) is 0.583. The van der Waals surface area contributed by atoms with E-state index in [9.17, 15) is 9.18 Å². The summed E-state index contributed by atoms with van der Waals surface area (Å²) < 4.78 is 18.6. The van der Waals surface area contributed by atoms with E-state index in [2.05, 4.69) is 0 Å². The van der Waals surface area contributed by atoms with Gasteiger partial charge in [0.1, 0.15) is 18.2 Å². The van der Waals surface area contributed by atoms with Crippen molar-refractivity contribution >= 4 is 17.6 Å². The fourth-order valence-electron chi connectivity index (χ4n) is 1.55. The van der Waals surface area contributed by atoms with Crippen LogP contribution in [0.5, 0.6) is 5.75 Å². The fourth-order valence-corrected chi connectivity index (χ4v) is 1.74. The highest BCUT2D eigenvalue weighted by Crippen LogP contribution is 2.20. The molecule has 0 saturated carbocycles. The standard InChI is InChI=1S/C14H10ClFO3/c15-13-4-2-1-3-9(13)8-19-12-6-10(14(17)18)5-11(16)7-12/h1-7H,8H2,(H,17,18). The van der Waals surface area contributed by atoms with Crippen molar-refractivity contribution in [3.8, 4) is 5.75 Å². The van der Waals surface area contributed by atoms with Crippen molar-refractivity contribution in [1.29, 1.82) is 0 Å². The third kappa shape index (κ3) is 3.45. The predicted molar refractivity (Wildman–Crippen MR) is 69.1 cm³/mol. The van der Waals surface area contributed by atoms with E-state index in [1.807, 2.05) is 0 Å². The average molecular weight is 281 g/mol. The van der Waals surface area contributed by atoms with Crippen LogP contribution in [-0.4, -0.2) is 11.1 Å². The van der Waals surface area contributed by atoms with E-state index in [1.165, 1.54) is 6.07 Å². The summed E-state index contributed by atoms with van der Waals surface area (Å²) in [7, 11) is 0. The maximum Gasteiger partial charge on any atom is 0.335 e. The summed E-state index contributed by atoms with van der Waals surface area (Å²) in [6, 6.07) is 10.4. The molecule has 19 heavy (non-hydrogen) atoms. The van der Waals surface area contributed by atoms with Crippen molar-refractivity contribution in [2.45, 2.75) is 6.61 Å². The van der Waals surface area contributed by atoms with Gasteiger partial charge in [-0.1, -0.05) is 29.8 Å². The molecule has 0 aromatic heterocycles. The second kappa shape index (κ2) is 5.71. The summed E-state index contributed by atoms with van der Waals surface area (Å²) in [6.07, 6.45) is 0. The number of carboxylic acid groups (broad SMARTS) is 1. The smallest absolute Gasteiger partial charge is 0.335 e. The third-order valence-corrected chi connectivity index (χ3v) is 2.84. The zero-order valence-corrected chi connectivity index (χ0v) is 10.5. The highest BCUT2D eigenvalue weighted by atomic mass is 35.5. The molecule has 0 spiro atoms. The molecular weight excluding hydrogens is 271 g/mol. The largest absolute Gasteiger partial charge is 0.489 e. The summed E-state index contributed by atoms with van der Waals surface area (Å²) in [4.78, 5) is 10.8. The van der Waals surface area contributed by atoms with Crippen LogP contribution in [-0.2, 0) is 6.61 Å². The van der Waals surface area contributed by atoms with Gasteiger partial charge in [0, 0.05) is 16.7 Å². The molecule has 0 bridgehead atoms. The van der Waals surface area contributed by atoms with E-state index in [0.29, 0.717) is 5.02 Å². The van der Waals surface area contributed by atoms with E-state index in [-0.39, 0.29) is 17.9 Å². The number of ether oxygens (including phenoxy) is 1. The van der Waals surface area contributed by atoms with E-state index in [4.69, 9.17) is 21.4 Å². The topological polar surface area (TPSA) is 46.5 Å². The minimum absolute atomic E-state index is 0.141. The zero-order valence-electron chi connectivity index (χ0n) is 9.77. The van der Waals surface area contributed by atoms with Crippen molar-refractivity contribution in [1.82, 2.24) is 0 Å². The Morgan fingerprint density at radius 3 is 2.68 bits per heavy atom. The first-order chi connectivity index (χ1) is 9.06. The van der Waals surface area contributed by atoms with Crippen LogP contribution >= 0.6 is 11.6 Å². The Morgan fingerprint density at radius 2 is 2.00 bits per heavy atom. The Morgan fingerprint density at radius 1 is 1.26 bits per heavy atom. The second-order valence-corrected chi connectivity index (χ2v) is 4.27. The van der Waals surface area contributed by atoms with Crippen LogP contribution < -0.4 is 4.74 Å². The van der Waals surface area contributed by atoms with E-state index in [0.717, 1.165) is 17.7 Å². The van der Waals surface area contributed by atoms with Crippen LogP contribution in [0.2, 0.25) is 5.02 Å². The van der Waals surface area contributed by atoms with Gasteiger partial charge in [0.25, 0.3) is 0 Å².